The zero-order chi connectivity index (χ0) is 22.8. The van der Waals surface area contributed by atoms with Crippen LogP contribution in [-0.4, -0.2) is 17.7 Å². The molecule has 6 nitrogen and oxygen atoms in total. The van der Waals surface area contributed by atoms with Crippen LogP contribution in [-0.2, 0) is 9.59 Å². The molecule has 2 N–H and O–H groups in total. The zero-order valence-electron chi connectivity index (χ0n) is 17.5. The molecule has 32 heavy (non-hydrogen) atoms. The van der Waals surface area contributed by atoms with Crippen molar-refractivity contribution in [3.8, 4) is 0 Å². The number of aryl methyl sites for hydroxylation is 2. The van der Waals surface area contributed by atoms with Gasteiger partial charge in [-0.1, -0.05) is 48.0 Å². The summed E-state index contributed by atoms with van der Waals surface area (Å²) in [5, 5.41) is 5.61. The Morgan fingerprint density at radius 1 is 0.875 bits per heavy atom. The first-order valence-corrected chi connectivity index (χ1v) is 10.3. The van der Waals surface area contributed by atoms with Crippen molar-refractivity contribution in [2.24, 2.45) is 0 Å². The van der Waals surface area contributed by atoms with Crippen molar-refractivity contribution in [1.29, 1.82) is 0 Å². The van der Waals surface area contributed by atoms with Crippen LogP contribution in [0, 0.1) is 13.8 Å². The highest BCUT2D eigenvalue weighted by Crippen LogP contribution is 2.30. The highest BCUT2D eigenvalue weighted by Gasteiger charge is 2.38. The van der Waals surface area contributed by atoms with Crippen molar-refractivity contribution in [3.63, 3.8) is 0 Å². The van der Waals surface area contributed by atoms with Gasteiger partial charge in [0.15, 0.2) is 0 Å². The smallest absolute Gasteiger partial charge is 0.283 e. The standard InChI is InChI=1S/C25H20ClN3O3/c1-15-11-12-16(2)20(13-15)28-23(30)17-7-6-8-18(14-17)27-22-21(26)24(31)29(25(22)32)19-9-4-3-5-10-19/h3-14,27H,1-2H3,(H,28,30). The second-order valence-electron chi connectivity index (χ2n) is 7.45. The molecule has 0 radical (unpaired) electrons. The van der Waals surface area contributed by atoms with Crippen molar-refractivity contribution in [1.82, 2.24) is 0 Å². The Labute approximate surface area is 190 Å². The van der Waals surface area contributed by atoms with Gasteiger partial charge >= 0.3 is 0 Å². The lowest BCUT2D eigenvalue weighted by molar-refractivity contribution is -0.120. The fourth-order valence-corrected chi connectivity index (χ4v) is 3.58. The summed E-state index contributed by atoms with van der Waals surface area (Å²) in [5.74, 6) is -1.45. The monoisotopic (exact) mass is 445 g/mol. The van der Waals surface area contributed by atoms with Crippen LogP contribution in [0.4, 0.5) is 17.1 Å². The Hall–Kier alpha value is -3.90. The first-order chi connectivity index (χ1) is 15.3. The molecule has 160 valence electrons. The van der Waals surface area contributed by atoms with Gasteiger partial charge < -0.3 is 10.6 Å². The van der Waals surface area contributed by atoms with Gasteiger partial charge in [-0.2, -0.15) is 0 Å². The van der Waals surface area contributed by atoms with Gasteiger partial charge in [-0.3, -0.25) is 14.4 Å². The number of carbonyl (C=O) groups excluding carboxylic acids is 3. The molecule has 0 atom stereocenters. The molecule has 3 amide bonds. The highest BCUT2D eigenvalue weighted by molar-refractivity contribution is 6.53. The molecule has 1 aliphatic rings. The zero-order valence-corrected chi connectivity index (χ0v) is 18.2. The summed E-state index contributed by atoms with van der Waals surface area (Å²) < 4.78 is 0. The summed E-state index contributed by atoms with van der Waals surface area (Å²) in [4.78, 5) is 39.2. The maximum absolute atomic E-state index is 12.9. The average Bonchev–Trinajstić information content (AvgIpc) is 3.00. The van der Waals surface area contributed by atoms with E-state index in [1.165, 1.54) is 0 Å². The summed E-state index contributed by atoms with van der Waals surface area (Å²) in [5.41, 5.74) is 3.97. The van der Waals surface area contributed by atoms with E-state index in [-0.39, 0.29) is 16.6 Å². The van der Waals surface area contributed by atoms with Crippen LogP contribution in [0.3, 0.4) is 0 Å². The maximum atomic E-state index is 12.9. The normalized spacial score (nSPS) is 13.5. The van der Waals surface area contributed by atoms with Gasteiger partial charge in [-0.05, 0) is 61.4 Å². The SMILES string of the molecule is Cc1ccc(C)c(NC(=O)c2cccc(NC3=C(Cl)C(=O)N(c4ccccc4)C3=O)c2)c1. The number of rotatable bonds is 5. The van der Waals surface area contributed by atoms with Crippen LogP contribution in [0.5, 0.6) is 0 Å². The molecule has 0 saturated heterocycles. The van der Waals surface area contributed by atoms with Crippen molar-refractivity contribution in [2.45, 2.75) is 13.8 Å². The minimum absolute atomic E-state index is 0.0346. The van der Waals surface area contributed by atoms with Gasteiger partial charge in [-0.25, -0.2) is 4.90 Å². The molecule has 0 bridgehead atoms. The third-order valence-electron chi connectivity index (χ3n) is 5.08. The van der Waals surface area contributed by atoms with E-state index in [1.54, 1.807) is 54.6 Å². The Morgan fingerprint density at radius 2 is 1.62 bits per heavy atom. The summed E-state index contributed by atoms with van der Waals surface area (Å²) >= 11 is 6.19. The number of halogens is 1. The molecular formula is C25H20ClN3O3. The van der Waals surface area contributed by atoms with Crippen LogP contribution < -0.4 is 15.5 Å². The third-order valence-corrected chi connectivity index (χ3v) is 5.43. The molecule has 1 aliphatic heterocycles. The van der Waals surface area contributed by atoms with E-state index in [0.717, 1.165) is 21.7 Å². The van der Waals surface area contributed by atoms with Gasteiger partial charge in [0.25, 0.3) is 17.7 Å². The Bertz CT molecular complexity index is 1270. The fraction of sp³-hybridized carbons (Fsp3) is 0.0800. The predicted octanol–water partition coefficient (Wildman–Crippen LogP) is 4.99. The van der Waals surface area contributed by atoms with E-state index in [4.69, 9.17) is 11.6 Å². The first kappa shape index (κ1) is 21.3. The molecule has 3 aromatic carbocycles. The predicted molar refractivity (Wildman–Crippen MR) is 126 cm³/mol. The van der Waals surface area contributed by atoms with E-state index >= 15 is 0 Å². The van der Waals surface area contributed by atoms with E-state index in [2.05, 4.69) is 10.6 Å². The lowest BCUT2D eigenvalue weighted by atomic mass is 10.1. The molecule has 4 rings (SSSR count). The quantitative estimate of drug-likeness (QED) is 0.542. The largest absolute Gasteiger partial charge is 0.350 e. The number of nitrogens with zero attached hydrogens (tertiary/aromatic N) is 1. The van der Waals surface area contributed by atoms with Gasteiger partial charge in [0.1, 0.15) is 10.7 Å². The van der Waals surface area contributed by atoms with Crippen LogP contribution in [0.1, 0.15) is 21.5 Å². The number of amides is 3. The summed E-state index contributed by atoms with van der Waals surface area (Å²) in [7, 11) is 0. The number of anilines is 3. The minimum atomic E-state index is -0.603. The van der Waals surface area contributed by atoms with E-state index in [9.17, 15) is 14.4 Å². The molecule has 0 spiro atoms. The Kier molecular flexibility index (Phi) is 5.79. The molecule has 0 saturated carbocycles. The molecule has 3 aromatic rings. The Balaban J connectivity index is 1.55. The number of hydrogen-bond donors (Lipinski definition) is 2. The molecular weight excluding hydrogens is 426 g/mol. The van der Waals surface area contributed by atoms with Crippen LogP contribution >= 0.6 is 11.6 Å². The van der Waals surface area contributed by atoms with E-state index < -0.39 is 11.8 Å². The summed E-state index contributed by atoms with van der Waals surface area (Å²) in [6.07, 6.45) is 0. The lowest BCUT2D eigenvalue weighted by Crippen LogP contribution is -2.32. The second kappa shape index (κ2) is 8.69. The number of imide groups is 1. The fourth-order valence-electron chi connectivity index (χ4n) is 3.37. The van der Waals surface area contributed by atoms with Crippen molar-refractivity contribution in [3.05, 3.63) is 100 Å². The minimum Gasteiger partial charge on any atom is -0.350 e. The lowest BCUT2D eigenvalue weighted by Gasteiger charge is -2.15. The maximum Gasteiger partial charge on any atom is 0.283 e. The van der Waals surface area contributed by atoms with E-state index in [1.807, 2.05) is 32.0 Å². The van der Waals surface area contributed by atoms with Gasteiger partial charge in [-0.15, -0.1) is 0 Å². The van der Waals surface area contributed by atoms with Crippen molar-refractivity contribution >= 4 is 46.4 Å². The third kappa shape index (κ3) is 4.13. The van der Waals surface area contributed by atoms with Gasteiger partial charge in [0, 0.05) is 16.9 Å². The highest BCUT2D eigenvalue weighted by atomic mass is 35.5. The molecule has 0 aliphatic carbocycles. The number of hydrogen-bond acceptors (Lipinski definition) is 4. The van der Waals surface area contributed by atoms with E-state index in [0.29, 0.717) is 16.9 Å². The number of benzene rings is 3. The van der Waals surface area contributed by atoms with Crippen molar-refractivity contribution < 1.29 is 14.4 Å². The van der Waals surface area contributed by atoms with Crippen LogP contribution in [0.15, 0.2) is 83.5 Å². The summed E-state index contributed by atoms with van der Waals surface area (Å²) in [6.45, 7) is 3.87. The second-order valence-corrected chi connectivity index (χ2v) is 7.83. The number of carbonyl (C=O) groups is 3. The van der Waals surface area contributed by atoms with Gasteiger partial charge in [0.2, 0.25) is 0 Å². The number of para-hydroxylation sites is 1. The number of nitrogens with one attached hydrogen (secondary N) is 2. The van der Waals surface area contributed by atoms with Crippen molar-refractivity contribution in [2.75, 3.05) is 15.5 Å². The first-order valence-electron chi connectivity index (χ1n) is 9.94. The van der Waals surface area contributed by atoms with Crippen LogP contribution in [0.25, 0.3) is 0 Å². The van der Waals surface area contributed by atoms with Gasteiger partial charge in [0.05, 0.1) is 5.69 Å². The Morgan fingerprint density at radius 3 is 2.38 bits per heavy atom. The molecule has 0 fully saturated rings. The molecule has 0 aromatic heterocycles. The average molecular weight is 446 g/mol. The molecule has 1 heterocycles. The topological polar surface area (TPSA) is 78.5 Å². The molecule has 0 unspecified atom stereocenters. The van der Waals surface area contributed by atoms with Crippen LogP contribution in [0.2, 0.25) is 0 Å². The summed E-state index contributed by atoms with van der Waals surface area (Å²) in [6, 6.07) is 21.0. The molecule has 7 heteroatoms.